The molecular formula is C29H39N3O4. The van der Waals surface area contributed by atoms with Gasteiger partial charge in [-0.25, -0.2) is 0 Å². The van der Waals surface area contributed by atoms with Gasteiger partial charge in [-0.3, -0.25) is 14.4 Å². The van der Waals surface area contributed by atoms with Crippen LogP contribution in [0.5, 0.6) is 0 Å². The van der Waals surface area contributed by atoms with Crippen LogP contribution in [0.1, 0.15) is 57.1 Å². The lowest BCUT2D eigenvalue weighted by atomic mass is 9.95. The predicted molar refractivity (Wildman–Crippen MR) is 140 cm³/mol. The number of nitrogens with zero attached hydrogens (tertiary/aromatic N) is 1. The van der Waals surface area contributed by atoms with Crippen LogP contribution in [0.15, 0.2) is 60.7 Å². The maximum atomic E-state index is 13.1. The molecule has 1 aliphatic rings. The van der Waals surface area contributed by atoms with Crippen LogP contribution in [-0.2, 0) is 25.5 Å². The quantitative estimate of drug-likeness (QED) is 0.495. The second-order valence-electron chi connectivity index (χ2n) is 10.4. The van der Waals surface area contributed by atoms with Crippen molar-refractivity contribution in [3.8, 4) is 0 Å². The van der Waals surface area contributed by atoms with Crippen molar-refractivity contribution in [3.05, 3.63) is 71.8 Å². The normalized spacial score (nSPS) is 15.6. The minimum atomic E-state index is -0.595. The summed E-state index contributed by atoms with van der Waals surface area (Å²) in [5, 5.41) is 5.93. The number of nitrogens with one attached hydrogen (secondary N) is 2. The second kappa shape index (κ2) is 13.2. The van der Waals surface area contributed by atoms with Crippen LogP contribution in [0.25, 0.3) is 0 Å². The Morgan fingerprint density at radius 1 is 0.972 bits per heavy atom. The Hall–Kier alpha value is -3.19. The number of carbonyl (C=O) groups is 3. The van der Waals surface area contributed by atoms with Gasteiger partial charge in [0.15, 0.2) is 0 Å². The van der Waals surface area contributed by atoms with E-state index in [1.165, 1.54) is 5.56 Å². The minimum absolute atomic E-state index is 0.0842. The molecule has 1 heterocycles. The van der Waals surface area contributed by atoms with Crippen molar-refractivity contribution < 1.29 is 19.1 Å². The summed E-state index contributed by atoms with van der Waals surface area (Å²) in [4.78, 5) is 39.8. The molecule has 1 aliphatic heterocycles. The summed E-state index contributed by atoms with van der Waals surface area (Å²) >= 11 is 0. The number of ether oxygens (including phenoxy) is 1. The van der Waals surface area contributed by atoms with E-state index in [1.54, 1.807) is 20.8 Å². The van der Waals surface area contributed by atoms with Crippen molar-refractivity contribution in [1.82, 2.24) is 15.5 Å². The van der Waals surface area contributed by atoms with Crippen molar-refractivity contribution >= 4 is 17.8 Å². The molecule has 0 radical (unpaired) electrons. The van der Waals surface area contributed by atoms with Gasteiger partial charge < -0.3 is 20.3 Å². The minimum Gasteiger partial charge on any atom is -0.459 e. The molecule has 0 saturated carbocycles. The molecule has 0 spiro atoms. The van der Waals surface area contributed by atoms with E-state index in [2.05, 4.69) is 15.5 Å². The first kappa shape index (κ1) is 27.4. The van der Waals surface area contributed by atoms with Gasteiger partial charge in [0, 0.05) is 32.1 Å². The van der Waals surface area contributed by atoms with Crippen molar-refractivity contribution in [3.63, 3.8) is 0 Å². The number of benzene rings is 2. The zero-order valence-electron chi connectivity index (χ0n) is 21.7. The molecule has 194 valence electrons. The molecule has 7 nitrogen and oxygen atoms in total. The Morgan fingerprint density at radius 3 is 2.19 bits per heavy atom. The molecule has 1 atom stereocenters. The summed E-state index contributed by atoms with van der Waals surface area (Å²) in [6.07, 6.45) is 2.91. The van der Waals surface area contributed by atoms with E-state index < -0.39 is 17.5 Å². The number of rotatable bonds is 10. The molecule has 2 N–H and O–H groups in total. The Kier molecular flexibility index (Phi) is 10.1. The van der Waals surface area contributed by atoms with Crippen LogP contribution in [-0.4, -0.2) is 60.5 Å². The predicted octanol–water partition coefficient (Wildman–Crippen LogP) is 3.44. The Balaban J connectivity index is 1.48. The van der Waals surface area contributed by atoms with Gasteiger partial charge in [0.2, 0.25) is 11.8 Å². The van der Waals surface area contributed by atoms with Crippen LogP contribution >= 0.6 is 0 Å². The maximum absolute atomic E-state index is 13.1. The Morgan fingerprint density at radius 2 is 1.58 bits per heavy atom. The summed E-state index contributed by atoms with van der Waals surface area (Å²) in [6.45, 7) is 7.40. The standard InChI is InChI=1S/C29H39N3O4/c1-29(2,3)36-27(34)20-30-28(35)25(23-12-8-5-9-13-23)21-32-18-16-24(17-19-32)31-26(33)15-14-22-10-6-4-7-11-22/h4-13,24-25H,14-21H2,1-3H3,(H,30,35)(H,31,33). The smallest absolute Gasteiger partial charge is 0.325 e. The van der Waals surface area contributed by atoms with E-state index in [-0.39, 0.29) is 24.4 Å². The molecule has 0 aromatic heterocycles. The number of esters is 1. The topological polar surface area (TPSA) is 87.7 Å². The van der Waals surface area contributed by atoms with Crippen LogP contribution in [0.4, 0.5) is 0 Å². The van der Waals surface area contributed by atoms with Gasteiger partial charge in [0.25, 0.3) is 0 Å². The van der Waals surface area contributed by atoms with Crippen LogP contribution in [0.2, 0.25) is 0 Å². The fourth-order valence-electron chi connectivity index (χ4n) is 4.41. The first-order chi connectivity index (χ1) is 17.2. The zero-order valence-corrected chi connectivity index (χ0v) is 21.7. The lowest BCUT2D eigenvalue weighted by Crippen LogP contribution is -2.47. The number of aryl methyl sites for hydroxylation is 1. The van der Waals surface area contributed by atoms with Crippen molar-refractivity contribution in [2.45, 2.75) is 64.0 Å². The molecule has 1 fully saturated rings. The third-order valence-corrected chi connectivity index (χ3v) is 6.22. The van der Waals surface area contributed by atoms with Gasteiger partial charge in [-0.15, -0.1) is 0 Å². The van der Waals surface area contributed by atoms with E-state index in [1.807, 2.05) is 60.7 Å². The first-order valence-corrected chi connectivity index (χ1v) is 12.8. The van der Waals surface area contributed by atoms with Gasteiger partial charge in [-0.05, 0) is 51.2 Å². The highest BCUT2D eigenvalue weighted by Gasteiger charge is 2.28. The molecule has 0 aliphatic carbocycles. The van der Waals surface area contributed by atoms with E-state index >= 15 is 0 Å². The lowest BCUT2D eigenvalue weighted by molar-refractivity contribution is -0.154. The fraction of sp³-hybridized carbons (Fsp3) is 0.483. The maximum Gasteiger partial charge on any atom is 0.325 e. The average molecular weight is 494 g/mol. The average Bonchev–Trinajstić information content (AvgIpc) is 2.86. The van der Waals surface area contributed by atoms with Crippen LogP contribution in [0, 0.1) is 0 Å². The lowest BCUT2D eigenvalue weighted by Gasteiger charge is -2.34. The van der Waals surface area contributed by atoms with E-state index in [9.17, 15) is 14.4 Å². The first-order valence-electron chi connectivity index (χ1n) is 12.8. The van der Waals surface area contributed by atoms with Gasteiger partial charge in [-0.1, -0.05) is 60.7 Å². The monoisotopic (exact) mass is 493 g/mol. The molecule has 1 unspecified atom stereocenters. The molecule has 1 saturated heterocycles. The number of hydrogen-bond donors (Lipinski definition) is 2. The molecule has 0 bridgehead atoms. The summed E-state index contributed by atoms with van der Waals surface area (Å²) in [6, 6.07) is 19.8. The summed E-state index contributed by atoms with van der Waals surface area (Å²) in [5.74, 6) is -0.957. The van der Waals surface area contributed by atoms with Gasteiger partial charge in [-0.2, -0.15) is 0 Å². The number of piperidine rings is 1. The number of likely N-dealkylation sites (tertiary alicyclic amines) is 1. The summed E-state index contributed by atoms with van der Waals surface area (Å²) in [7, 11) is 0. The molecule has 7 heteroatoms. The zero-order chi connectivity index (χ0) is 26.0. The van der Waals surface area contributed by atoms with Crippen molar-refractivity contribution in [2.75, 3.05) is 26.2 Å². The van der Waals surface area contributed by atoms with Gasteiger partial charge in [0.05, 0.1) is 5.92 Å². The van der Waals surface area contributed by atoms with Gasteiger partial charge >= 0.3 is 5.97 Å². The molecule has 2 aromatic rings. The second-order valence-corrected chi connectivity index (χ2v) is 10.4. The molecular weight excluding hydrogens is 454 g/mol. The summed E-state index contributed by atoms with van der Waals surface area (Å²) in [5.41, 5.74) is 1.48. The highest BCUT2D eigenvalue weighted by Crippen LogP contribution is 2.21. The third-order valence-electron chi connectivity index (χ3n) is 6.22. The van der Waals surface area contributed by atoms with E-state index in [4.69, 9.17) is 4.74 Å². The highest BCUT2D eigenvalue weighted by atomic mass is 16.6. The molecule has 2 amide bonds. The van der Waals surface area contributed by atoms with Crippen molar-refractivity contribution in [2.24, 2.45) is 0 Å². The molecule has 2 aromatic carbocycles. The highest BCUT2D eigenvalue weighted by molar-refractivity contribution is 5.87. The number of hydrogen-bond acceptors (Lipinski definition) is 5. The number of carbonyl (C=O) groups excluding carboxylic acids is 3. The SMILES string of the molecule is CC(C)(C)OC(=O)CNC(=O)C(CN1CCC(NC(=O)CCc2ccccc2)CC1)c1ccccc1. The third kappa shape index (κ3) is 9.46. The van der Waals surface area contributed by atoms with Crippen LogP contribution < -0.4 is 10.6 Å². The molecule has 36 heavy (non-hydrogen) atoms. The van der Waals surface area contributed by atoms with E-state index in [0.717, 1.165) is 37.9 Å². The van der Waals surface area contributed by atoms with Crippen molar-refractivity contribution in [1.29, 1.82) is 0 Å². The Bertz CT molecular complexity index is 981. The number of amides is 2. The van der Waals surface area contributed by atoms with E-state index in [0.29, 0.717) is 13.0 Å². The Labute approximate surface area is 214 Å². The summed E-state index contributed by atoms with van der Waals surface area (Å²) < 4.78 is 5.31. The van der Waals surface area contributed by atoms with Crippen LogP contribution in [0.3, 0.4) is 0 Å². The largest absolute Gasteiger partial charge is 0.459 e. The van der Waals surface area contributed by atoms with Gasteiger partial charge in [0.1, 0.15) is 12.1 Å². The molecule has 3 rings (SSSR count). The fourth-order valence-corrected chi connectivity index (χ4v) is 4.41.